The summed E-state index contributed by atoms with van der Waals surface area (Å²) in [5.41, 5.74) is 2.29. The van der Waals surface area contributed by atoms with Crippen LogP contribution < -0.4 is 16.3 Å². The molecule has 1 aromatic heterocycles. The number of carbonyl (C=O) groups is 1. The number of alkyl halides is 1. The Morgan fingerprint density at radius 1 is 1.20 bits per heavy atom. The Kier molecular flexibility index (Phi) is 6.96. The summed E-state index contributed by atoms with van der Waals surface area (Å²) in [6.07, 6.45) is 1.40. The molecule has 1 amide bonds. The van der Waals surface area contributed by atoms with Gasteiger partial charge in [0.25, 0.3) is 5.69 Å². The predicted molar refractivity (Wildman–Crippen MR) is 117 cm³/mol. The van der Waals surface area contributed by atoms with Crippen LogP contribution in [-0.2, 0) is 11.3 Å². The van der Waals surface area contributed by atoms with E-state index >= 15 is 0 Å². The van der Waals surface area contributed by atoms with Crippen LogP contribution in [0.3, 0.4) is 0 Å². The molecule has 0 radical (unpaired) electrons. The topological polar surface area (TPSA) is 122 Å². The highest BCUT2D eigenvalue weighted by molar-refractivity contribution is 6.33. The Labute approximate surface area is 181 Å². The van der Waals surface area contributed by atoms with Crippen molar-refractivity contribution >= 4 is 57.2 Å². The summed E-state index contributed by atoms with van der Waals surface area (Å²) >= 11 is 11.6. The van der Waals surface area contributed by atoms with E-state index in [0.29, 0.717) is 48.3 Å². The van der Waals surface area contributed by atoms with E-state index in [9.17, 15) is 19.7 Å². The molecule has 0 saturated heterocycles. The highest BCUT2D eigenvalue weighted by Crippen LogP contribution is 2.30. The number of unbranched alkanes of at least 4 members (excludes halogenated alkanes) is 1. The molecular formula is C19H19Cl2N5O4. The van der Waals surface area contributed by atoms with E-state index in [1.165, 1.54) is 18.2 Å². The summed E-state index contributed by atoms with van der Waals surface area (Å²) < 4.78 is 1.63. The van der Waals surface area contributed by atoms with Gasteiger partial charge >= 0.3 is 5.69 Å². The van der Waals surface area contributed by atoms with E-state index in [0.717, 1.165) is 0 Å². The first-order valence-electron chi connectivity index (χ1n) is 9.15. The van der Waals surface area contributed by atoms with Crippen molar-refractivity contribution in [2.24, 2.45) is 0 Å². The number of aryl methyl sites for hydroxylation is 1. The lowest BCUT2D eigenvalue weighted by Crippen LogP contribution is -2.25. The maximum atomic E-state index is 12.3. The second-order valence-corrected chi connectivity index (χ2v) is 7.23. The van der Waals surface area contributed by atoms with Crippen LogP contribution >= 0.6 is 23.2 Å². The zero-order valence-corrected chi connectivity index (χ0v) is 17.3. The van der Waals surface area contributed by atoms with E-state index in [2.05, 4.69) is 15.6 Å². The molecule has 0 aliphatic rings. The number of benzene rings is 2. The number of anilines is 2. The van der Waals surface area contributed by atoms with Crippen LogP contribution in [0.2, 0.25) is 5.02 Å². The minimum Gasteiger partial charge on any atom is -0.355 e. The van der Waals surface area contributed by atoms with Gasteiger partial charge in [0, 0.05) is 30.9 Å². The van der Waals surface area contributed by atoms with E-state index in [4.69, 9.17) is 23.2 Å². The summed E-state index contributed by atoms with van der Waals surface area (Å²) in [7, 11) is 0. The average molecular weight is 452 g/mol. The smallest absolute Gasteiger partial charge is 0.326 e. The molecule has 2 aromatic carbocycles. The molecule has 3 N–H and O–H groups in total. The summed E-state index contributed by atoms with van der Waals surface area (Å²) in [5, 5.41) is 16.9. The minimum absolute atomic E-state index is 0.0730. The number of imidazole rings is 1. The fourth-order valence-corrected chi connectivity index (χ4v) is 3.31. The predicted octanol–water partition coefficient (Wildman–Crippen LogP) is 3.77. The van der Waals surface area contributed by atoms with Gasteiger partial charge in [-0.25, -0.2) is 4.79 Å². The van der Waals surface area contributed by atoms with Crippen molar-refractivity contribution in [3.8, 4) is 0 Å². The van der Waals surface area contributed by atoms with Gasteiger partial charge in [-0.3, -0.25) is 19.5 Å². The molecule has 0 unspecified atom stereocenters. The van der Waals surface area contributed by atoms with Crippen LogP contribution in [0.4, 0.5) is 17.1 Å². The molecule has 1 heterocycles. The first-order valence-corrected chi connectivity index (χ1v) is 10.1. The van der Waals surface area contributed by atoms with Gasteiger partial charge in [-0.05, 0) is 37.1 Å². The lowest BCUT2D eigenvalue weighted by atomic mass is 10.2. The zero-order chi connectivity index (χ0) is 21.7. The standard InChI is InChI=1S/C19H19Cl2N5O4/c20-11-18(27)22-7-1-2-8-25-17-9-12(3-5-16(17)24-19(25)28)23-15-6-4-13(26(29)30)10-14(15)21/h3-6,9-10,23H,1-2,7-8,11H2,(H,22,27)(H,24,28). The van der Waals surface area contributed by atoms with Crippen molar-refractivity contribution in [1.29, 1.82) is 0 Å². The number of rotatable bonds is 9. The molecule has 0 spiro atoms. The summed E-state index contributed by atoms with van der Waals surface area (Å²) in [4.78, 5) is 36.6. The maximum absolute atomic E-state index is 12.3. The van der Waals surface area contributed by atoms with Crippen LogP contribution in [0.1, 0.15) is 12.8 Å². The van der Waals surface area contributed by atoms with Crippen LogP contribution in [-0.4, -0.2) is 32.8 Å². The third kappa shape index (κ3) is 5.11. The summed E-state index contributed by atoms with van der Waals surface area (Å²) in [6, 6.07) is 9.53. The Balaban J connectivity index is 1.74. The number of amides is 1. The number of aromatic nitrogens is 2. The van der Waals surface area contributed by atoms with Crippen LogP contribution in [0.5, 0.6) is 0 Å². The monoisotopic (exact) mass is 451 g/mol. The van der Waals surface area contributed by atoms with Gasteiger partial charge in [-0.15, -0.1) is 11.6 Å². The molecule has 3 rings (SSSR count). The number of nitrogens with one attached hydrogen (secondary N) is 3. The average Bonchev–Trinajstić information content (AvgIpc) is 3.03. The second kappa shape index (κ2) is 9.64. The number of hydrogen-bond donors (Lipinski definition) is 3. The number of non-ortho nitro benzene ring substituents is 1. The van der Waals surface area contributed by atoms with Gasteiger partial charge < -0.3 is 15.6 Å². The lowest BCUT2D eigenvalue weighted by molar-refractivity contribution is -0.384. The SMILES string of the molecule is O=C(CCl)NCCCCn1c(=O)[nH]c2ccc(Nc3ccc([N+](=O)[O-])cc3Cl)cc21. The van der Waals surface area contributed by atoms with Crippen molar-refractivity contribution in [3.63, 3.8) is 0 Å². The quantitative estimate of drug-likeness (QED) is 0.198. The van der Waals surface area contributed by atoms with Crippen molar-refractivity contribution in [2.45, 2.75) is 19.4 Å². The van der Waals surface area contributed by atoms with Gasteiger partial charge in [0.05, 0.1) is 26.7 Å². The second-order valence-electron chi connectivity index (χ2n) is 6.55. The molecule has 0 atom stereocenters. The van der Waals surface area contributed by atoms with Gasteiger partial charge in [0.1, 0.15) is 5.88 Å². The van der Waals surface area contributed by atoms with Crippen molar-refractivity contribution < 1.29 is 9.72 Å². The van der Waals surface area contributed by atoms with Gasteiger partial charge in [-0.1, -0.05) is 11.6 Å². The molecule has 11 heteroatoms. The van der Waals surface area contributed by atoms with Crippen molar-refractivity contribution in [3.05, 3.63) is 62.0 Å². The number of nitro benzene ring substituents is 1. The first kappa shape index (κ1) is 21.7. The summed E-state index contributed by atoms with van der Waals surface area (Å²) in [6.45, 7) is 0.978. The van der Waals surface area contributed by atoms with E-state index in [1.54, 1.807) is 22.8 Å². The van der Waals surface area contributed by atoms with Crippen LogP contribution in [0, 0.1) is 10.1 Å². The Bertz CT molecular complexity index is 1140. The lowest BCUT2D eigenvalue weighted by Gasteiger charge is -2.10. The van der Waals surface area contributed by atoms with E-state index < -0.39 is 4.92 Å². The number of nitrogens with zero attached hydrogens (tertiary/aromatic N) is 2. The minimum atomic E-state index is -0.513. The largest absolute Gasteiger partial charge is 0.355 e. The molecule has 0 aliphatic heterocycles. The third-order valence-electron chi connectivity index (χ3n) is 4.47. The number of aromatic amines is 1. The highest BCUT2D eigenvalue weighted by Gasteiger charge is 2.11. The van der Waals surface area contributed by atoms with E-state index in [1.807, 2.05) is 0 Å². The van der Waals surface area contributed by atoms with Gasteiger partial charge in [-0.2, -0.15) is 0 Å². The molecule has 0 saturated carbocycles. The molecule has 0 aliphatic carbocycles. The molecular weight excluding hydrogens is 433 g/mol. The number of H-pyrrole nitrogens is 1. The molecule has 3 aromatic rings. The van der Waals surface area contributed by atoms with E-state index in [-0.39, 0.29) is 28.2 Å². The Morgan fingerprint density at radius 3 is 2.70 bits per heavy atom. The highest BCUT2D eigenvalue weighted by atomic mass is 35.5. The number of hydrogen-bond acceptors (Lipinski definition) is 5. The number of halogens is 2. The Morgan fingerprint density at radius 2 is 2.00 bits per heavy atom. The molecule has 0 fully saturated rings. The number of fused-ring (bicyclic) bond motifs is 1. The number of nitro groups is 1. The normalized spacial score (nSPS) is 10.9. The molecule has 30 heavy (non-hydrogen) atoms. The Hall–Kier alpha value is -3.04. The molecule has 9 nitrogen and oxygen atoms in total. The fraction of sp³-hybridized carbons (Fsp3) is 0.263. The van der Waals surface area contributed by atoms with Crippen molar-refractivity contribution in [2.75, 3.05) is 17.7 Å². The van der Waals surface area contributed by atoms with Gasteiger partial charge in [0.15, 0.2) is 0 Å². The summed E-state index contributed by atoms with van der Waals surface area (Å²) in [5.74, 6) is -0.294. The fourth-order valence-electron chi connectivity index (χ4n) is 3.00. The maximum Gasteiger partial charge on any atom is 0.326 e. The van der Waals surface area contributed by atoms with Crippen LogP contribution in [0.25, 0.3) is 11.0 Å². The van der Waals surface area contributed by atoms with Gasteiger partial charge in [0.2, 0.25) is 5.91 Å². The first-order chi connectivity index (χ1) is 14.4. The van der Waals surface area contributed by atoms with Crippen LogP contribution in [0.15, 0.2) is 41.2 Å². The molecule has 0 bridgehead atoms. The number of carbonyl (C=O) groups excluding carboxylic acids is 1. The molecule has 158 valence electrons. The zero-order valence-electron chi connectivity index (χ0n) is 15.8. The van der Waals surface area contributed by atoms with Crippen molar-refractivity contribution in [1.82, 2.24) is 14.9 Å². The third-order valence-corrected chi connectivity index (χ3v) is 5.03.